The van der Waals surface area contributed by atoms with Gasteiger partial charge in [0.15, 0.2) is 0 Å². The summed E-state index contributed by atoms with van der Waals surface area (Å²) >= 11 is 5.93. The van der Waals surface area contributed by atoms with E-state index >= 15 is 0 Å². The number of methoxy groups -OCH3 is 1. The number of nitrogens with zero attached hydrogens (tertiary/aromatic N) is 6. The zero-order valence-corrected chi connectivity index (χ0v) is 76.1. The Morgan fingerprint density at radius 1 is 0.466 bits per heavy atom. The van der Waals surface area contributed by atoms with Crippen LogP contribution in [0.3, 0.4) is 0 Å². The van der Waals surface area contributed by atoms with Gasteiger partial charge >= 0.3 is 5.97 Å². The predicted molar refractivity (Wildman–Crippen MR) is 506 cm³/mol. The van der Waals surface area contributed by atoms with Crippen LogP contribution in [0.15, 0.2) is 189 Å². The van der Waals surface area contributed by atoms with Crippen LogP contribution in [-0.2, 0) is 28.7 Å². The molecule has 4 aromatic heterocycles. The van der Waals surface area contributed by atoms with Gasteiger partial charge in [-0.3, -0.25) is 39.1 Å². The molecule has 4 N–H and O–H groups in total. The second kappa shape index (κ2) is 39.4. The van der Waals surface area contributed by atoms with Crippen LogP contribution in [0.5, 0.6) is 5.75 Å². The number of alkyl halides is 2. The molecular weight excluding hydrogens is 1710 g/mol. The molecule has 18 atom stereocenters. The summed E-state index contributed by atoms with van der Waals surface area (Å²) < 4.78 is 98.3. The lowest BCUT2D eigenvalue weighted by atomic mass is 9.86. The third-order valence-corrected chi connectivity index (χ3v) is 32.0. The van der Waals surface area contributed by atoms with Gasteiger partial charge in [0.05, 0.1) is 59.7 Å². The van der Waals surface area contributed by atoms with E-state index in [-0.39, 0.29) is 83.7 Å². The van der Waals surface area contributed by atoms with Crippen molar-refractivity contribution in [3.8, 4) is 5.75 Å². The molecule has 22 rings (SSSR count). The number of halogens is 7. The Balaban J connectivity index is 0.000000115. The first-order valence-electron chi connectivity index (χ1n) is 47.9. The normalized spacial score (nSPS) is 26.8. The van der Waals surface area contributed by atoms with Gasteiger partial charge in [0, 0.05) is 143 Å². The lowest BCUT2D eigenvalue weighted by Crippen LogP contribution is -2.51. The molecule has 3 aliphatic heterocycles. The van der Waals surface area contributed by atoms with Gasteiger partial charge in [-0.25, -0.2) is 31.1 Å². The Morgan fingerprint density at radius 3 is 1.36 bits per heavy atom. The van der Waals surface area contributed by atoms with Crippen LogP contribution in [0.1, 0.15) is 187 Å². The van der Waals surface area contributed by atoms with Crippen molar-refractivity contribution < 1.29 is 64.5 Å². The summed E-state index contributed by atoms with van der Waals surface area (Å²) in [6.45, 7) is 8.85. The van der Waals surface area contributed by atoms with Crippen LogP contribution in [0, 0.1) is 106 Å². The molecule has 8 saturated carbocycles. The number of carbonyl (C=O) groups excluding carboxylic acids is 5. The quantitative estimate of drug-likeness (QED) is 0.0492. The van der Waals surface area contributed by atoms with E-state index in [2.05, 4.69) is 63.1 Å². The number of fused-ring (bicyclic) bond motifs is 11. The molecule has 11 aromatic rings. The van der Waals surface area contributed by atoms with Crippen molar-refractivity contribution >= 4 is 113 Å². The van der Waals surface area contributed by atoms with E-state index in [0.717, 1.165) is 188 Å². The van der Waals surface area contributed by atoms with Crippen LogP contribution in [0.2, 0.25) is 5.02 Å². The Labute approximate surface area is 776 Å². The molecule has 10 fully saturated rings. The molecule has 2 saturated heterocycles. The lowest BCUT2D eigenvalue weighted by Gasteiger charge is -2.41. The van der Waals surface area contributed by atoms with E-state index in [9.17, 15) is 50.3 Å². The molecule has 7 aromatic carbocycles. The maximum Gasteiger partial charge on any atom is 0.337 e. The number of carbonyl (C=O) groups is 5. The van der Waals surface area contributed by atoms with Gasteiger partial charge < -0.3 is 45.3 Å². The highest BCUT2D eigenvalue weighted by Crippen LogP contribution is 2.58. The van der Waals surface area contributed by atoms with Crippen LogP contribution in [0.4, 0.5) is 54.8 Å². The van der Waals surface area contributed by atoms with Crippen LogP contribution in [0.25, 0.3) is 43.6 Å². The van der Waals surface area contributed by atoms with E-state index in [4.69, 9.17) is 25.8 Å². The Bertz CT molecular complexity index is 6070. The molecule has 10 unspecified atom stereocenters. The van der Waals surface area contributed by atoms with Gasteiger partial charge in [-0.15, -0.1) is 0 Å². The summed E-state index contributed by atoms with van der Waals surface area (Å²) in [5.41, 5.74) is 11.9. The zero-order valence-electron chi connectivity index (χ0n) is 75.3. The molecule has 8 aliphatic carbocycles. The molecule has 133 heavy (non-hydrogen) atoms. The smallest absolute Gasteiger partial charge is 0.337 e. The molecule has 18 nitrogen and oxygen atoms in total. The highest BCUT2D eigenvalue weighted by molar-refractivity contribution is 6.30. The molecular formula is C108H115ClF6N10O8. The number of morpholine rings is 1. The van der Waals surface area contributed by atoms with Crippen LogP contribution in [-0.4, -0.2) is 114 Å². The summed E-state index contributed by atoms with van der Waals surface area (Å²) in [6.07, 6.45) is 23.9. The van der Waals surface area contributed by atoms with Crippen LogP contribution < -0.4 is 35.8 Å². The largest absolute Gasteiger partial charge is 0.489 e. The van der Waals surface area contributed by atoms with E-state index in [0.29, 0.717) is 144 Å². The van der Waals surface area contributed by atoms with Gasteiger partial charge in [-0.1, -0.05) is 25.4 Å². The van der Waals surface area contributed by atoms with Crippen molar-refractivity contribution in [3.05, 3.63) is 239 Å². The van der Waals surface area contributed by atoms with Crippen molar-refractivity contribution in [3.63, 3.8) is 0 Å². The minimum atomic E-state index is -2.56. The van der Waals surface area contributed by atoms with Crippen LogP contribution >= 0.6 is 11.6 Å². The highest BCUT2D eigenvalue weighted by Gasteiger charge is 2.49. The number of hydrogen-bond donors (Lipinski definition) is 4. The van der Waals surface area contributed by atoms with Gasteiger partial charge in [0.2, 0.25) is 29.6 Å². The molecule has 0 radical (unpaired) electrons. The Morgan fingerprint density at radius 2 is 0.887 bits per heavy atom. The SMILES string of the molecule is CC(C(=O)Nc1ccc(Cl)cc1)C1C[C@@H]2CN(c3ccnc4ccc(F)cc34)C[C@@H]2C1.COC(=O)c1ccc(NC(=O)C(C)C2C[C@H]3CC(c4ccnc5ccc(F)cc45)C[C@H]3C2)cc1.O=C(CC1C[C@@H]2CC(c3ccnc4ccc(F)cc34)C[C@@H]2C1)NC1CCC(F)(F)CC1.O=C(CC1C[C@@H]2CC(c3ccnc4ccc(F)cc34)C[C@@H]2C1)Nc1ccc2c(c1)OCC1COCCN21. The second-order valence-electron chi connectivity index (χ2n) is 40.0. The van der Waals surface area contributed by atoms with E-state index in [1.807, 2.05) is 74.9 Å². The predicted octanol–water partition coefficient (Wildman–Crippen LogP) is 23.2. The average Bonchev–Trinajstić information content (AvgIpc) is 1.62. The first-order valence-corrected chi connectivity index (χ1v) is 48.3. The highest BCUT2D eigenvalue weighted by atomic mass is 35.5. The summed E-state index contributed by atoms with van der Waals surface area (Å²) in [6, 6.07) is 47.6. The first kappa shape index (κ1) is 90.9. The van der Waals surface area contributed by atoms with Crippen molar-refractivity contribution in [2.45, 2.75) is 178 Å². The van der Waals surface area contributed by atoms with Crippen molar-refractivity contribution in [1.29, 1.82) is 0 Å². The average molecular weight is 1830 g/mol. The standard InChI is InChI=1S/C30H32FN3O3.C28H29FN2O3.C25H25ClFN3O.C25H29F3N2O/c31-22-1-3-27-26(14-22)25(5-6-32-27)21-12-19-9-18(10-20(19)13-21)11-30(35)33-23-2-4-28-29(15-23)37-17-24-16-36-8-7-34(24)28;1-16(27(32)31-23-6-3-17(4-7-23)28(33)34-2)18-11-19-13-21(14-20(19)12-18)24-9-10-30-26-8-5-22(29)15-25(24)26;1-15(25(31)29-21-5-2-19(26)3-6-21)16-10-17-13-30(14-18(17)11-16)24-8-9-28-23-7-4-20(27)12-22(23)24;26-19-1-2-23-22(14-19)21(5-8-29-23)18-12-16-9-15(10-17(16)13-18)11-24(31)30-20-3-6-25(27,28)7-4-20/h1-6,14-15,18-21,24H,7-13,16-17H2,(H,33,35);3-10,15-16,18-21H,11-14H2,1-2H3,(H,31,32);2-9,12,15-18H,10-11,13-14H2,1H3,(H,29,31);1-2,5,8,14-18,20H,3-4,6-7,9-13H2,(H,30,31)/t18?,19-,20+,21?,24?;16?,18?,19-,20+,21?;15?,16?,17-,18+;15?,16-,17+,18?. The minimum absolute atomic E-state index is 0.0166. The number of hydrogen-bond acceptors (Lipinski definition) is 14. The third-order valence-electron chi connectivity index (χ3n) is 31.8. The van der Waals surface area contributed by atoms with E-state index < -0.39 is 11.9 Å². The molecule has 694 valence electrons. The molecule has 7 heterocycles. The number of amides is 4. The maximum atomic E-state index is 13.9. The number of anilines is 5. The number of rotatable bonds is 17. The van der Waals surface area contributed by atoms with Gasteiger partial charge in [-0.2, -0.15) is 0 Å². The molecule has 4 amide bonds. The van der Waals surface area contributed by atoms with Crippen molar-refractivity contribution in [2.24, 2.45) is 82.9 Å². The zero-order chi connectivity index (χ0) is 91.9. The molecule has 0 spiro atoms. The third kappa shape index (κ3) is 20.6. The monoisotopic (exact) mass is 1830 g/mol. The van der Waals surface area contributed by atoms with Gasteiger partial charge in [-0.05, 0) is 366 Å². The molecule has 0 bridgehead atoms. The number of aromatic nitrogens is 4. The summed E-state index contributed by atoms with van der Waals surface area (Å²) in [5.74, 6) is 4.68. The fourth-order valence-electron chi connectivity index (χ4n) is 25.2. The number of nitrogens with one attached hydrogen (secondary N) is 4. The molecule has 25 heteroatoms. The summed E-state index contributed by atoms with van der Waals surface area (Å²) in [5, 5.41) is 16.4. The van der Waals surface area contributed by atoms with Crippen molar-refractivity contribution in [2.75, 3.05) is 72.3 Å². The molecule has 11 aliphatic rings. The van der Waals surface area contributed by atoms with Gasteiger partial charge in [0.25, 0.3) is 0 Å². The Hall–Kier alpha value is -11.2. The maximum absolute atomic E-state index is 13.9. The second-order valence-corrected chi connectivity index (χ2v) is 40.4. The number of ether oxygens (including phenoxy) is 3. The fraction of sp³-hybridized carbons (Fsp3) is 0.454. The van der Waals surface area contributed by atoms with E-state index in [1.165, 1.54) is 48.1 Å². The number of pyridine rings is 4. The number of esters is 1. The minimum Gasteiger partial charge on any atom is -0.489 e. The summed E-state index contributed by atoms with van der Waals surface area (Å²) in [4.78, 5) is 85.0. The topological polar surface area (TPSA) is 219 Å². The fourth-order valence-corrected chi connectivity index (χ4v) is 25.3. The Kier molecular flexibility index (Phi) is 26.9. The number of benzene rings is 7. The van der Waals surface area contributed by atoms with Gasteiger partial charge in [0.1, 0.15) is 35.6 Å². The summed E-state index contributed by atoms with van der Waals surface area (Å²) in [7, 11) is 1.35. The van der Waals surface area contributed by atoms with E-state index in [1.54, 1.807) is 91.1 Å². The first-order chi connectivity index (χ1) is 64.4. The lowest BCUT2D eigenvalue weighted by molar-refractivity contribution is -0.124. The van der Waals surface area contributed by atoms with Crippen molar-refractivity contribution in [1.82, 2.24) is 25.3 Å².